The van der Waals surface area contributed by atoms with Gasteiger partial charge in [-0.3, -0.25) is 4.98 Å². The summed E-state index contributed by atoms with van der Waals surface area (Å²) in [5.41, 5.74) is 4.27. The first kappa shape index (κ1) is 21.9. The number of hydrogen-bond acceptors (Lipinski definition) is 5. The van der Waals surface area contributed by atoms with Crippen LogP contribution in [0.1, 0.15) is 27.7 Å². The molecule has 0 spiro atoms. The van der Waals surface area contributed by atoms with E-state index in [0.717, 1.165) is 38.5 Å². The summed E-state index contributed by atoms with van der Waals surface area (Å²) in [6.07, 6.45) is 1.85. The van der Waals surface area contributed by atoms with Gasteiger partial charge in [0.25, 0.3) is 0 Å². The fraction of sp³-hybridized carbons (Fsp3) is 0.200. The van der Waals surface area contributed by atoms with E-state index < -0.39 is 0 Å². The Balaban J connectivity index is 1.53. The van der Waals surface area contributed by atoms with E-state index in [0.29, 0.717) is 0 Å². The van der Waals surface area contributed by atoms with Gasteiger partial charge in [-0.25, -0.2) is 4.98 Å². The Kier molecular flexibility index (Phi) is 4.62. The second-order valence-electron chi connectivity index (χ2n) is 10.5. The zero-order valence-electron chi connectivity index (χ0n) is 20.7. The standard InChI is InChI=1S/C30H25BN2O2S/c1-29(2)30(3,4)35-31(34-29)20-13-15-21-23(17-20)36-28-24(21)22-14-12-19-11-8-16-32-25(19)27(22)33-26(28)18-9-6-5-7-10-18/h5-17H,1-4H3. The van der Waals surface area contributed by atoms with Crippen LogP contribution >= 0.6 is 11.3 Å². The molecular weight excluding hydrogens is 463 g/mol. The van der Waals surface area contributed by atoms with Gasteiger partial charge in [0.1, 0.15) is 0 Å². The van der Waals surface area contributed by atoms with E-state index in [1.54, 1.807) is 11.3 Å². The summed E-state index contributed by atoms with van der Waals surface area (Å²) in [6.45, 7) is 8.36. The van der Waals surface area contributed by atoms with Crippen LogP contribution in [0, 0.1) is 0 Å². The molecule has 0 N–H and O–H groups in total. The number of fused-ring (bicyclic) bond motifs is 7. The van der Waals surface area contributed by atoms with E-state index >= 15 is 0 Å². The van der Waals surface area contributed by atoms with Gasteiger partial charge in [0.2, 0.25) is 0 Å². The normalized spacial score (nSPS) is 17.1. The predicted octanol–water partition coefficient (Wildman–Crippen LogP) is 7.12. The Morgan fingerprint density at radius 2 is 1.53 bits per heavy atom. The van der Waals surface area contributed by atoms with Gasteiger partial charge >= 0.3 is 7.12 Å². The van der Waals surface area contributed by atoms with Crippen molar-refractivity contribution in [3.05, 3.63) is 79.0 Å². The van der Waals surface area contributed by atoms with Crippen molar-refractivity contribution in [1.29, 1.82) is 0 Å². The molecule has 3 aromatic carbocycles. The summed E-state index contributed by atoms with van der Waals surface area (Å²) in [5, 5.41) is 4.67. The maximum Gasteiger partial charge on any atom is 0.494 e. The lowest BCUT2D eigenvalue weighted by atomic mass is 9.79. The van der Waals surface area contributed by atoms with Crippen LogP contribution in [-0.2, 0) is 9.31 Å². The molecule has 0 radical (unpaired) electrons. The maximum atomic E-state index is 6.35. The molecule has 176 valence electrons. The lowest BCUT2D eigenvalue weighted by Crippen LogP contribution is -2.41. The number of thiophene rings is 1. The molecule has 36 heavy (non-hydrogen) atoms. The number of pyridine rings is 2. The van der Waals surface area contributed by atoms with Crippen molar-refractivity contribution < 1.29 is 9.31 Å². The van der Waals surface area contributed by atoms with E-state index in [1.807, 2.05) is 18.3 Å². The maximum absolute atomic E-state index is 6.35. The molecule has 1 fully saturated rings. The summed E-state index contributed by atoms with van der Waals surface area (Å²) in [7, 11) is -0.388. The molecule has 0 atom stereocenters. The first-order valence-electron chi connectivity index (χ1n) is 12.3. The van der Waals surface area contributed by atoms with Crippen molar-refractivity contribution in [1.82, 2.24) is 9.97 Å². The molecule has 1 aliphatic rings. The summed E-state index contributed by atoms with van der Waals surface area (Å²) < 4.78 is 15.1. The lowest BCUT2D eigenvalue weighted by Gasteiger charge is -2.32. The zero-order chi connectivity index (χ0) is 24.7. The Morgan fingerprint density at radius 1 is 0.778 bits per heavy atom. The second-order valence-corrected chi connectivity index (χ2v) is 11.6. The highest BCUT2D eigenvalue weighted by Crippen LogP contribution is 2.44. The minimum atomic E-state index is -0.388. The van der Waals surface area contributed by atoms with Gasteiger partial charge in [0.05, 0.1) is 32.6 Å². The molecule has 6 heteroatoms. The topological polar surface area (TPSA) is 44.2 Å². The Bertz CT molecular complexity index is 1790. The Hall–Kier alpha value is -3.32. The average molecular weight is 488 g/mol. The molecule has 6 aromatic rings. The number of nitrogens with zero attached hydrogens (tertiary/aromatic N) is 2. The first-order valence-corrected chi connectivity index (χ1v) is 13.1. The van der Waals surface area contributed by atoms with Crippen molar-refractivity contribution in [2.75, 3.05) is 0 Å². The third-order valence-corrected chi connectivity index (χ3v) is 8.90. The monoisotopic (exact) mass is 488 g/mol. The minimum absolute atomic E-state index is 0.374. The van der Waals surface area contributed by atoms with Crippen molar-refractivity contribution in [2.45, 2.75) is 38.9 Å². The van der Waals surface area contributed by atoms with Crippen molar-refractivity contribution in [3.8, 4) is 11.3 Å². The van der Waals surface area contributed by atoms with Crippen LogP contribution in [0.5, 0.6) is 0 Å². The SMILES string of the molecule is CC1(C)OB(c2ccc3c(c2)sc2c(-c4ccccc4)nc4c(ccc5cccnc54)c23)OC1(C)C. The molecular formula is C30H25BN2O2S. The fourth-order valence-corrected chi connectivity index (χ4v) is 6.35. The van der Waals surface area contributed by atoms with Gasteiger partial charge in [0.15, 0.2) is 0 Å². The highest BCUT2D eigenvalue weighted by atomic mass is 32.1. The highest BCUT2D eigenvalue weighted by molar-refractivity contribution is 7.26. The van der Waals surface area contributed by atoms with Gasteiger partial charge < -0.3 is 9.31 Å². The van der Waals surface area contributed by atoms with Gasteiger partial charge in [0, 0.05) is 38.0 Å². The van der Waals surface area contributed by atoms with Crippen LogP contribution in [0.2, 0.25) is 0 Å². The predicted molar refractivity (Wildman–Crippen MR) is 151 cm³/mol. The van der Waals surface area contributed by atoms with E-state index in [4.69, 9.17) is 19.3 Å². The van der Waals surface area contributed by atoms with Crippen LogP contribution < -0.4 is 5.46 Å². The molecule has 0 aliphatic carbocycles. The highest BCUT2D eigenvalue weighted by Gasteiger charge is 2.51. The molecule has 0 saturated carbocycles. The molecule has 1 saturated heterocycles. The summed E-state index contributed by atoms with van der Waals surface area (Å²) in [4.78, 5) is 9.95. The van der Waals surface area contributed by atoms with Gasteiger partial charge in [-0.1, -0.05) is 60.7 Å². The number of rotatable bonds is 2. The first-order chi connectivity index (χ1) is 17.3. The molecule has 4 heterocycles. The number of hydrogen-bond donors (Lipinski definition) is 0. The number of benzene rings is 3. The largest absolute Gasteiger partial charge is 0.494 e. The molecule has 0 unspecified atom stereocenters. The van der Waals surface area contributed by atoms with Crippen LogP contribution in [-0.4, -0.2) is 28.3 Å². The second kappa shape index (κ2) is 7.59. The molecule has 3 aromatic heterocycles. The van der Waals surface area contributed by atoms with Crippen LogP contribution in [0.25, 0.3) is 53.2 Å². The molecule has 4 nitrogen and oxygen atoms in total. The van der Waals surface area contributed by atoms with Crippen molar-refractivity contribution in [3.63, 3.8) is 0 Å². The van der Waals surface area contributed by atoms with Crippen LogP contribution in [0.3, 0.4) is 0 Å². The Labute approximate surface area is 214 Å². The van der Waals surface area contributed by atoms with E-state index in [9.17, 15) is 0 Å². The smallest absolute Gasteiger partial charge is 0.399 e. The van der Waals surface area contributed by atoms with Crippen LogP contribution in [0.15, 0.2) is 79.0 Å². The zero-order valence-corrected chi connectivity index (χ0v) is 21.5. The third-order valence-electron chi connectivity index (χ3n) is 7.74. The van der Waals surface area contributed by atoms with E-state index in [1.165, 1.54) is 20.2 Å². The quantitative estimate of drug-likeness (QED) is 0.192. The van der Waals surface area contributed by atoms with Crippen molar-refractivity contribution in [2.24, 2.45) is 0 Å². The van der Waals surface area contributed by atoms with Crippen molar-refractivity contribution >= 4 is 65.9 Å². The van der Waals surface area contributed by atoms with Gasteiger partial charge in [-0.2, -0.15) is 0 Å². The Morgan fingerprint density at radius 3 is 2.31 bits per heavy atom. The van der Waals surface area contributed by atoms with Crippen LogP contribution in [0.4, 0.5) is 0 Å². The summed E-state index contributed by atoms with van der Waals surface area (Å²) in [5.74, 6) is 0. The molecule has 7 rings (SSSR count). The fourth-order valence-electron chi connectivity index (χ4n) is 5.07. The van der Waals surface area contributed by atoms with E-state index in [-0.39, 0.29) is 18.3 Å². The summed E-state index contributed by atoms with van der Waals surface area (Å²) >= 11 is 1.78. The molecule has 0 bridgehead atoms. The minimum Gasteiger partial charge on any atom is -0.399 e. The lowest BCUT2D eigenvalue weighted by molar-refractivity contribution is 0.00578. The van der Waals surface area contributed by atoms with Gasteiger partial charge in [-0.15, -0.1) is 11.3 Å². The third kappa shape index (κ3) is 3.15. The molecule has 1 aliphatic heterocycles. The van der Waals surface area contributed by atoms with Gasteiger partial charge in [-0.05, 0) is 45.3 Å². The number of aromatic nitrogens is 2. The molecule has 0 amide bonds. The summed E-state index contributed by atoms with van der Waals surface area (Å²) in [6, 6.07) is 25.4. The van der Waals surface area contributed by atoms with E-state index in [2.05, 4.69) is 88.4 Å². The average Bonchev–Trinajstić information content (AvgIpc) is 3.36.